The van der Waals surface area contributed by atoms with Crippen molar-refractivity contribution in [3.8, 4) is 23.0 Å². The summed E-state index contributed by atoms with van der Waals surface area (Å²) >= 11 is 0. The van der Waals surface area contributed by atoms with Gasteiger partial charge in [-0.05, 0) is 48.9 Å². The maximum absolute atomic E-state index is 12.7. The smallest absolute Gasteiger partial charge is 0.291 e. The average molecular weight is 474 g/mol. The zero-order valence-corrected chi connectivity index (χ0v) is 19.0. The Morgan fingerprint density at radius 3 is 2.51 bits per heavy atom. The number of aryl methyl sites for hydroxylation is 1. The van der Waals surface area contributed by atoms with Gasteiger partial charge in [-0.3, -0.25) is 14.9 Å². The van der Waals surface area contributed by atoms with Crippen LogP contribution >= 0.6 is 0 Å². The van der Waals surface area contributed by atoms with Crippen molar-refractivity contribution in [2.24, 2.45) is 0 Å². The summed E-state index contributed by atoms with van der Waals surface area (Å²) in [7, 11) is 1.54. The van der Waals surface area contributed by atoms with E-state index in [1.54, 1.807) is 37.4 Å². The molecule has 0 saturated heterocycles. The van der Waals surface area contributed by atoms with Crippen LogP contribution in [0.5, 0.6) is 23.0 Å². The number of non-ortho nitro benzene ring substituents is 1. The Bertz CT molecular complexity index is 1360. The van der Waals surface area contributed by atoms with E-state index in [2.05, 4.69) is 5.32 Å². The second-order valence-corrected chi connectivity index (χ2v) is 7.55. The van der Waals surface area contributed by atoms with Crippen molar-refractivity contribution in [1.82, 2.24) is 0 Å². The molecule has 0 fully saturated rings. The largest absolute Gasteiger partial charge is 0.493 e. The van der Waals surface area contributed by atoms with Gasteiger partial charge in [-0.15, -0.1) is 0 Å². The number of carbonyl (C=O) groups excluding carboxylic acids is 1. The van der Waals surface area contributed by atoms with E-state index >= 15 is 0 Å². The van der Waals surface area contributed by atoms with Crippen LogP contribution in [0.3, 0.4) is 0 Å². The highest BCUT2D eigenvalue weighted by Gasteiger charge is 2.17. The molecule has 4 rings (SSSR count). The molecule has 0 unspecified atom stereocenters. The fourth-order valence-corrected chi connectivity index (χ4v) is 3.29. The third-order valence-electron chi connectivity index (χ3n) is 4.91. The Labute approximate surface area is 201 Å². The van der Waals surface area contributed by atoms with Gasteiger partial charge < -0.3 is 23.9 Å². The van der Waals surface area contributed by atoms with Gasteiger partial charge in [0.1, 0.15) is 23.9 Å². The van der Waals surface area contributed by atoms with Crippen molar-refractivity contribution in [3.05, 3.63) is 106 Å². The summed E-state index contributed by atoms with van der Waals surface area (Å²) in [4.78, 5) is 23.6. The van der Waals surface area contributed by atoms with Crippen molar-refractivity contribution in [2.45, 2.75) is 13.5 Å². The quantitative estimate of drug-likeness (QED) is 0.229. The molecule has 35 heavy (non-hydrogen) atoms. The number of hydrogen-bond donors (Lipinski definition) is 1. The minimum Gasteiger partial charge on any atom is -0.493 e. The standard InChI is InChI=1S/C26H22N2O7/c1-17-6-5-7-20(12-17)34-22-14-18(13-19(15-22)28(30)31)27-26(29)25-11-10-21(35-25)16-33-24-9-4-3-8-23(24)32-2/h3-15H,16H2,1-2H3,(H,27,29). The molecule has 0 aliphatic heterocycles. The second kappa shape index (κ2) is 10.4. The fraction of sp³-hybridized carbons (Fsp3) is 0.115. The van der Waals surface area contributed by atoms with Gasteiger partial charge in [0.25, 0.3) is 11.6 Å². The lowest BCUT2D eigenvalue weighted by Gasteiger charge is -2.10. The Morgan fingerprint density at radius 1 is 0.971 bits per heavy atom. The first kappa shape index (κ1) is 23.4. The monoisotopic (exact) mass is 474 g/mol. The number of methoxy groups -OCH3 is 1. The number of furan rings is 1. The molecule has 0 radical (unpaired) electrons. The molecule has 1 aromatic heterocycles. The molecule has 0 saturated carbocycles. The predicted octanol–water partition coefficient (Wildman–Crippen LogP) is 6.13. The molecule has 1 heterocycles. The van der Waals surface area contributed by atoms with Crippen LogP contribution < -0.4 is 19.5 Å². The summed E-state index contributed by atoms with van der Waals surface area (Å²) in [6.45, 7) is 1.99. The first-order chi connectivity index (χ1) is 16.9. The zero-order chi connectivity index (χ0) is 24.8. The fourth-order valence-electron chi connectivity index (χ4n) is 3.29. The van der Waals surface area contributed by atoms with Crippen LogP contribution in [0.25, 0.3) is 0 Å². The molecule has 1 amide bonds. The number of nitro groups is 1. The van der Waals surface area contributed by atoms with E-state index < -0.39 is 10.8 Å². The van der Waals surface area contributed by atoms with Gasteiger partial charge in [-0.1, -0.05) is 24.3 Å². The van der Waals surface area contributed by atoms with Crippen LogP contribution in [0.15, 0.2) is 83.3 Å². The van der Waals surface area contributed by atoms with Crippen LogP contribution in [0.2, 0.25) is 0 Å². The van der Waals surface area contributed by atoms with Crippen LogP contribution in [0, 0.1) is 17.0 Å². The van der Waals surface area contributed by atoms with Gasteiger partial charge in [0.05, 0.1) is 23.8 Å². The molecule has 0 spiro atoms. The number of para-hydroxylation sites is 2. The number of rotatable bonds is 9. The van der Waals surface area contributed by atoms with Crippen molar-refractivity contribution >= 4 is 17.3 Å². The number of carbonyl (C=O) groups is 1. The third kappa shape index (κ3) is 5.97. The molecule has 9 nitrogen and oxygen atoms in total. The van der Waals surface area contributed by atoms with Gasteiger partial charge >= 0.3 is 0 Å². The summed E-state index contributed by atoms with van der Waals surface area (Å²) in [5.74, 6) is 1.72. The van der Waals surface area contributed by atoms with Gasteiger partial charge in [0, 0.05) is 12.1 Å². The molecular weight excluding hydrogens is 452 g/mol. The van der Waals surface area contributed by atoms with Gasteiger partial charge in [0.15, 0.2) is 17.3 Å². The van der Waals surface area contributed by atoms with Crippen molar-refractivity contribution < 1.29 is 28.3 Å². The molecule has 0 aliphatic rings. The molecule has 3 aromatic carbocycles. The average Bonchev–Trinajstić information content (AvgIpc) is 3.32. The lowest BCUT2D eigenvalue weighted by atomic mass is 10.2. The lowest BCUT2D eigenvalue weighted by molar-refractivity contribution is -0.384. The molecule has 178 valence electrons. The predicted molar refractivity (Wildman–Crippen MR) is 128 cm³/mol. The maximum Gasteiger partial charge on any atom is 0.291 e. The second-order valence-electron chi connectivity index (χ2n) is 7.55. The molecule has 0 bridgehead atoms. The van der Waals surface area contributed by atoms with E-state index in [4.69, 9.17) is 18.6 Å². The van der Waals surface area contributed by atoms with E-state index in [-0.39, 0.29) is 29.5 Å². The molecule has 1 N–H and O–H groups in total. The topological polar surface area (TPSA) is 113 Å². The summed E-state index contributed by atoms with van der Waals surface area (Å²) < 4.78 is 22.3. The third-order valence-corrected chi connectivity index (χ3v) is 4.91. The van der Waals surface area contributed by atoms with Gasteiger partial charge in [-0.25, -0.2) is 0 Å². The number of anilines is 1. The van der Waals surface area contributed by atoms with Gasteiger partial charge in [0.2, 0.25) is 0 Å². The van der Waals surface area contributed by atoms with Gasteiger partial charge in [-0.2, -0.15) is 0 Å². The molecule has 0 aliphatic carbocycles. The minimum atomic E-state index is -0.574. The van der Waals surface area contributed by atoms with Crippen molar-refractivity contribution in [1.29, 1.82) is 0 Å². The number of hydrogen-bond acceptors (Lipinski definition) is 7. The van der Waals surface area contributed by atoms with Crippen molar-refractivity contribution in [2.75, 3.05) is 12.4 Å². The Hall–Kier alpha value is -4.79. The summed E-state index contributed by atoms with van der Waals surface area (Å²) in [5.41, 5.74) is 0.940. The number of nitro benzene ring substituents is 1. The molecule has 0 atom stereocenters. The molecule has 4 aromatic rings. The van der Waals surface area contributed by atoms with E-state index in [0.717, 1.165) is 5.56 Å². The van der Waals surface area contributed by atoms with Crippen LogP contribution in [0.4, 0.5) is 11.4 Å². The highest BCUT2D eigenvalue weighted by atomic mass is 16.6. The number of nitrogens with zero attached hydrogens (tertiary/aromatic N) is 1. The first-order valence-electron chi connectivity index (χ1n) is 10.6. The molecular formula is C26H22N2O7. The normalized spacial score (nSPS) is 10.5. The Kier molecular flexibility index (Phi) is 6.96. The van der Waals surface area contributed by atoms with E-state index in [1.807, 2.05) is 31.2 Å². The maximum atomic E-state index is 12.7. The van der Waals surface area contributed by atoms with E-state index in [0.29, 0.717) is 23.0 Å². The number of amides is 1. The van der Waals surface area contributed by atoms with Crippen LogP contribution in [-0.2, 0) is 6.61 Å². The molecule has 9 heteroatoms. The van der Waals surface area contributed by atoms with E-state index in [1.165, 1.54) is 24.3 Å². The minimum absolute atomic E-state index is 0.0243. The lowest BCUT2D eigenvalue weighted by Crippen LogP contribution is -2.11. The summed E-state index contributed by atoms with van der Waals surface area (Å²) in [6.07, 6.45) is 0. The van der Waals surface area contributed by atoms with Crippen LogP contribution in [-0.4, -0.2) is 17.9 Å². The number of nitrogens with one attached hydrogen (secondary N) is 1. The zero-order valence-electron chi connectivity index (χ0n) is 19.0. The number of benzene rings is 3. The summed E-state index contributed by atoms with van der Waals surface area (Å²) in [5, 5.41) is 14.0. The first-order valence-corrected chi connectivity index (χ1v) is 10.6. The van der Waals surface area contributed by atoms with E-state index in [9.17, 15) is 14.9 Å². The van der Waals surface area contributed by atoms with Crippen LogP contribution in [0.1, 0.15) is 21.9 Å². The highest BCUT2D eigenvalue weighted by molar-refractivity contribution is 6.02. The summed E-state index contributed by atoms with van der Waals surface area (Å²) in [6, 6.07) is 21.6. The number of ether oxygens (including phenoxy) is 3. The Morgan fingerprint density at radius 2 is 1.77 bits per heavy atom. The Balaban J connectivity index is 1.47. The SMILES string of the molecule is COc1ccccc1OCc1ccc(C(=O)Nc2cc(Oc3cccc(C)c3)cc([N+](=O)[O-])c2)o1. The highest BCUT2D eigenvalue weighted by Crippen LogP contribution is 2.31. The van der Waals surface area contributed by atoms with Crippen molar-refractivity contribution in [3.63, 3.8) is 0 Å².